The van der Waals surface area contributed by atoms with Crippen molar-refractivity contribution in [3.05, 3.63) is 35.4 Å². The van der Waals surface area contributed by atoms with Crippen LogP contribution in [0.1, 0.15) is 44.7 Å². The van der Waals surface area contributed by atoms with E-state index >= 15 is 0 Å². The Labute approximate surface area is 113 Å². The molecule has 1 aromatic rings. The third kappa shape index (κ3) is 2.65. The molecule has 2 unspecified atom stereocenters. The largest absolute Gasteiger partial charge is 0.322 e. The third-order valence-electron chi connectivity index (χ3n) is 4.51. The molecule has 1 aliphatic rings. The van der Waals surface area contributed by atoms with Crippen LogP contribution >= 0.6 is 0 Å². The molecule has 0 amide bonds. The normalized spacial score (nSPS) is 21.3. The van der Waals surface area contributed by atoms with Gasteiger partial charge in [-0.1, -0.05) is 13.0 Å². The molecule has 0 radical (unpaired) electrons. The highest BCUT2D eigenvalue weighted by Gasteiger charge is 2.39. The maximum atomic E-state index is 13.9. The van der Waals surface area contributed by atoms with E-state index in [0.717, 1.165) is 38.4 Å². The lowest BCUT2D eigenvalue weighted by Crippen LogP contribution is -2.52. The van der Waals surface area contributed by atoms with Crippen molar-refractivity contribution in [1.29, 1.82) is 0 Å². The van der Waals surface area contributed by atoms with Crippen LogP contribution in [-0.2, 0) is 0 Å². The van der Waals surface area contributed by atoms with Gasteiger partial charge in [0.2, 0.25) is 0 Å². The number of rotatable bonds is 4. The van der Waals surface area contributed by atoms with Crippen molar-refractivity contribution in [2.75, 3.05) is 13.1 Å². The molecule has 19 heavy (non-hydrogen) atoms. The Morgan fingerprint density at radius 3 is 2.47 bits per heavy atom. The minimum absolute atomic E-state index is 0.283. The average molecular weight is 268 g/mol. The molecule has 1 aromatic carbocycles. The summed E-state index contributed by atoms with van der Waals surface area (Å²) in [5.41, 5.74) is 6.43. The molecule has 1 aliphatic heterocycles. The minimum atomic E-state index is -0.562. The lowest BCUT2D eigenvalue weighted by atomic mass is 9.83. The summed E-state index contributed by atoms with van der Waals surface area (Å²) < 4.78 is 26.9. The Morgan fingerprint density at radius 1 is 1.32 bits per heavy atom. The van der Waals surface area contributed by atoms with Gasteiger partial charge in [0.25, 0.3) is 0 Å². The van der Waals surface area contributed by atoms with Crippen LogP contribution < -0.4 is 5.73 Å². The maximum Gasteiger partial charge on any atom is 0.130 e. The van der Waals surface area contributed by atoms with Crippen molar-refractivity contribution in [1.82, 2.24) is 4.90 Å². The molecule has 2 N–H and O–H groups in total. The van der Waals surface area contributed by atoms with Crippen LogP contribution in [0.25, 0.3) is 0 Å². The van der Waals surface area contributed by atoms with Gasteiger partial charge in [-0.3, -0.25) is 4.90 Å². The predicted molar refractivity (Wildman–Crippen MR) is 72.8 cm³/mol. The molecule has 1 heterocycles. The molecule has 4 heteroatoms. The van der Waals surface area contributed by atoms with Crippen LogP contribution in [0.5, 0.6) is 0 Å². The monoisotopic (exact) mass is 268 g/mol. The summed E-state index contributed by atoms with van der Waals surface area (Å²) in [7, 11) is 0. The molecule has 106 valence electrons. The van der Waals surface area contributed by atoms with Gasteiger partial charge in [-0.05, 0) is 45.3 Å². The van der Waals surface area contributed by atoms with Crippen molar-refractivity contribution < 1.29 is 8.78 Å². The lowest BCUT2D eigenvalue weighted by molar-refractivity contribution is 0.0985. The molecule has 0 spiro atoms. The van der Waals surface area contributed by atoms with Crippen molar-refractivity contribution >= 4 is 0 Å². The summed E-state index contributed by atoms with van der Waals surface area (Å²) in [6, 6.07) is 3.21. The van der Waals surface area contributed by atoms with Gasteiger partial charge in [-0.15, -0.1) is 0 Å². The highest BCUT2D eigenvalue weighted by molar-refractivity contribution is 5.25. The van der Waals surface area contributed by atoms with Crippen molar-refractivity contribution in [3.8, 4) is 0 Å². The number of benzene rings is 1. The van der Waals surface area contributed by atoms with Crippen LogP contribution in [0.2, 0.25) is 0 Å². The third-order valence-corrected chi connectivity index (χ3v) is 4.51. The Balaban J connectivity index is 2.31. The molecule has 0 saturated carbocycles. The highest BCUT2D eigenvalue weighted by atomic mass is 19.1. The van der Waals surface area contributed by atoms with Gasteiger partial charge in [-0.25, -0.2) is 8.78 Å². The molecule has 2 rings (SSSR count). The number of likely N-dealkylation sites (tertiary alicyclic amines) is 1. The number of hydrogen-bond acceptors (Lipinski definition) is 2. The van der Waals surface area contributed by atoms with Crippen LogP contribution in [0.4, 0.5) is 8.78 Å². The number of nitrogens with zero attached hydrogens (tertiary/aromatic N) is 1. The fraction of sp³-hybridized carbons (Fsp3) is 0.600. The van der Waals surface area contributed by atoms with Gasteiger partial charge >= 0.3 is 0 Å². The van der Waals surface area contributed by atoms with Crippen molar-refractivity contribution in [2.45, 2.75) is 44.7 Å². The minimum Gasteiger partial charge on any atom is -0.322 e. The summed E-state index contributed by atoms with van der Waals surface area (Å²) >= 11 is 0. The van der Waals surface area contributed by atoms with Gasteiger partial charge < -0.3 is 5.73 Å². The number of nitrogens with two attached hydrogens (primary N) is 1. The fourth-order valence-electron chi connectivity index (χ4n) is 2.96. The van der Waals surface area contributed by atoms with E-state index in [0.29, 0.717) is 5.56 Å². The first-order chi connectivity index (χ1) is 8.99. The Bertz CT molecular complexity index is 444. The number of hydrogen-bond donors (Lipinski definition) is 1. The second-order valence-electron chi connectivity index (χ2n) is 5.55. The zero-order chi connectivity index (χ0) is 14.0. The SMILES string of the molecule is CCC(C)(C(N)c1ccc(F)cc1F)N1CCCC1. The molecule has 2 nitrogen and oxygen atoms in total. The van der Waals surface area contributed by atoms with Crippen LogP contribution in [0.15, 0.2) is 18.2 Å². The molecule has 0 aromatic heterocycles. The topological polar surface area (TPSA) is 29.3 Å². The Morgan fingerprint density at radius 2 is 1.95 bits per heavy atom. The van der Waals surface area contributed by atoms with Crippen molar-refractivity contribution in [2.24, 2.45) is 5.73 Å². The molecule has 2 atom stereocenters. The van der Waals surface area contributed by atoms with E-state index in [1.165, 1.54) is 12.1 Å². The van der Waals surface area contributed by atoms with Gasteiger partial charge in [0.1, 0.15) is 11.6 Å². The van der Waals surface area contributed by atoms with E-state index in [1.54, 1.807) is 0 Å². The maximum absolute atomic E-state index is 13.9. The highest BCUT2D eigenvalue weighted by Crippen LogP contribution is 2.35. The Hall–Kier alpha value is -1.00. The summed E-state index contributed by atoms with van der Waals surface area (Å²) in [5.74, 6) is -1.11. The average Bonchev–Trinajstić information content (AvgIpc) is 2.91. The van der Waals surface area contributed by atoms with Gasteiger partial charge in [0.05, 0.1) is 6.04 Å². The Kier molecular flexibility index (Phi) is 4.21. The van der Waals surface area contributed by atoms with Crippen LogP contribution in [0, 0.1) is 11.6 Å². The first kappa shape index (κ1) is 14.4. The fourth-order valence-corrected chi connectivity index (χ4v) is 2.96. The van der Waals surface area contributed by atoms with E-state index in [-0.39, 0.29) is 5.54 Å². The summed E-state index contributed by atoms with van der Waals surface area (Å²) in [5, 5.41) is 0. The second-order valence-corrected chi connectivity index (χ2v) is 5.55. The van der Waals surface area contributed by atoms with Gasteiger partial charge in [0.15, 0.2) is 0 Å². The molecule has 1 fully saturated rings. The molecular weight excluding hydrogens is 246 g/mol. The summed E-state index contributed by atoms with van der Waals surface area (Å²) in [4.78, 5) is 2.33. The van der Waals surface area contributed by atoms with Gasteiger partial charge in [0, 0.05) is 17.2 Å². The van der Waals surface area contributed by atoms with Crippen LogP contribution in [-0.4, -0.2) is 23.5 Å². The van der Waals surface area contributed by atoms with E-state index in [2.05, 4.69) is 18.7 Å². The molecular formula is C15H22F2N2. The van der Waals surface area contributed by atoms with E-state index in [1.807, 2.05) is 0 Å². The zero-order valence-corrected chi connectivity index (χ0v) is 11.6. The molecule has 1 saturated heterocycles. The first-order valence-corrected chi connectivity index (χ1v) is 6.94. The quantitative estimate of drug-likeness (QED) is 0.908. The summed E-state index contributed by atoms with van der Waals surface area (Å²) in [6.07, 6.45) is 3.16. The van der Waals surface area contributed by atoms with E-state index in [9.17, 15) is 8.78 Å². The smallest absolute Gasteiger partial charge is 0.130 e. The predicted octanol–water partition coefficient (Wildman–Crippen LogP) is 3.23. The van der Waals surface area contributed by atoms with E-state index in [4.69, 9.17) is 5.73 Å². The summed E-state index contributed by atoms with van der Waals surface area (Å²) in [6.45, 7) is 6.15. The zero-order valence-electron chi connectivity index (χ0n) is 11.6. The molecule has 0 bridgehead atoms. The second kappa shape index (κ2) is 5.55. The van der Waals surface area contributed by atoms with Crippen molar-refractivity contribution in [3.63, 3.8) is 0 Å². The standard InChI is InChI=1S/C15H22F2N2/c1-3-15(2,19-8-4-5-9-19)14(18)12-7-6-11(16)10-13(12)17/h6-7,10,14H,3-5,8-9,18H2,1-2H3. The number of halogens is 2. The van der Waals surface area contributed by atoms with Gasteiger partial charge in [-0.2, -0.15) is 0 Å². The molecule has 0 aliphatic carbocycles. The lowest BCUT2D eigenvalue weighted by Gasteiger charge is -2.43. The first-order valence-electron chi connectivity index (χ1n) is 6.94. The van der Waals surface area contributed by atoms with E-state index < -0.39 is 17.7 Å². The van der Waals surface area contributed by atoms with Crippen LogP contribution in [0.3, 0.4) is 0 Å².